The Morgan fingerprint density at radius 2 is 1.80 bits per heavy atom. The Morgan fingerprint density at radius 3 is 1.90 bits per heavy atom. The van der Waals surface area contributed by atoms with Crippen molar-refractivity contribution in [3.63, 3.8) is 0 Å². The molecule has 0 spiro atoms. The van der Waals surface area contributed by atoms with E-state index in [2.05, 4.69) is 34.6 Å². The van der Waals surface area contributed by atoms with Gasteiger partial charge in [0.05, 0.1) is 0 Å². The molecule has 0 rings (SSSR count). The van der Waals surface area contributed by atoms with Crippen LogP contribution in [0, 0.1) is 0 Å². The molecule has 0 amide bonds. The van der Waals surface area contributed by atoms with Gasteiger partial charge in [0.15, 0.2) is 7.98 Å². The van der Waals surface area contributed by atoms with Crippen molar-refractivity contribution in [3.05, 3.63) is 0 Å². The normalized spacial score (nSPS) is 13.1. The minimum atomic E-state index is 0.133. The zero-order valence-corrected chi connectivity index (χ0v) is 7.81. The van der Waals surface area contributed by atoms with Crippen molar-refractivity contribution in [2.24, 2.45) is 0 Å². The van der Waals surface area contributed by atoms with Crippen molar-refractivity contribution in [3.8, 4) is 0 Å². The van der Waals surface area contributed by atoms with Crippen molar-refractivity contribution in [1.82, 2.24) is 4.81 Å². The van der Waals surface area contributed by atoms with Crippen LogP contribution in [0.3, 0.4) is 0 Å². The maximum absolute atomic E-state index is 5.84. The second-order valence-corrected chi connectivity index (χ2v) is 3.67. The number of nitrogens with zero attached hydrogens (tertiary/aromatic N) is 1. The third kappa shape index (κ3) is 2.33. The molecular weight excluding hydrogens is 121 g/mol. The van der Waals surface area contributed by atoms with E-state index < -0.39 is 0 Å². The molecule has 2 radical (unpaired) electrons. The first kappa shape index (κ1) is 10.0. The molecule has 0 N–H and O–H groups in total. The molecule has 0 unspecified atom stereocenters. The lowest BCUT2D eigenvalue weighted by Crippen LogP contribution is -2.45. The highest BCUT2D eigenvalue weighted by atomic mass is 15.1. The van der Waals surface area contributed by atoms with Crippen molar-refractivity contribution in [2.45, 2.75) is 52.6 Å². The van der Waals surface area contributed by atoms with Crippen LogP contribution in [0.25, 0.3) is 0 Å². The monoisotopic (exact) mass is 139 g/mol. The lowest BCUT2D eigenvalue weighted by atomic mass is 9.93. The van der Waals surface area contributed by atoms with E-state index >= 15 is 0 Å². The zero-order valence-electron chi connectivity index (χ0n) is 7.81. The maximum Gasteiger partial charge on any atom is 0.183 e. The van der Waals surface area contributed by atoms with Crippen molar-refractivity contribution in [1.29, 1.82) is 0 Å². The van der Waals surface area contributed by atoms with Crippen LogP contribution in [0.1, 0.15) is 41.0 Å². The Morgan fingerprint density at radius 1 is 1.40 bits per heavy atom. The summed E-state index contributed by atoms with van der Waals surface area (Å²) in [6.07, 6.45) is 1.08. The van der Waals surface area contributed by atoms with E-state index in [1.54, 1.807) is 0 Å². The third-order valence-electron chi connectivity index (χ3n) is 2.12. The minimum absolute atomic E-state index is 0.133. The fourth-order valence-electron chi connectivity index (χ4n) is 0.882. The summed E-state index contributed by atoms with van der Waals surface area (Å²) in [6, 6.07) is 0.426. The van der Waals surface area contributed by atoms with Gasteiger partial charge in [0.2, 0.25) is 0 Å². The van der Waals surface area contributed by atoms with Gasteiger partial charge in [-0.1, -0.05) is 20.8 Å². The molecule has 0 saturated carbocycles. The van der Waals surface area contributed by atoms with Crippen molar-refractivity contribution >= 4 is 7.98 Å². The average molecular weight is 139 g/mol. The molecular formula is C8H18BN. The Balaban J connectivity index is 4.03. The maximum atomic E-state index is 5.84. The highest BCUT2D eigenvalue weighted by Crippen LogP contribution is 2.17. The molecule has 0 aromatic carbocycles. The van der Waals surface area contributed by atoms with E-state index in [9.17, 15) is 0 Å². The zero-order chi connectivity index (χ0) is 8.36. The van der Waals surface area contributed by atoms with Gasteiger partial charge in [-0.3, -0.25) is 0 Å². The molecule has 0 aliphatic carbocycles. The first-order valence-corrected chi connectivity index (χ1v) is 3.96. The topological polar surface area (TPSA) is 3.24 Å². The summed E-state index contributed by atoms with van der Waals surface area (Å²) in [6.45, 7) is 10.7. The summed E-state index contributed by atoms with van der Waals surface area (Å²) < 4.78 is 0. The molecule has 1 nitrogen and oxygen atoms in total. The standard InChI is InChI=1S/C8H18BN/c1-6-8(4,5)10(9)7(2)3/h7H,6H2,1-5H3. The van der Waals surface area contributed by atoms with Gasteiger partial charge in [0.1, 0.15) is 0 Å². The fraction of sp³-hybridized carbons (Fsp3) is 1.00. The van der Waals surface area contributed by atoms with Crippen molar-refractivity contribution < 1.29 is 0 Å². The van der Waals surface area contributed by atoms with E-state index in [-0.39, 0.29) is 5.54 Å². The van der Waals surface area contributed by atoms with Crippen LogP contribution in [0.5, 0.6) is 0 Å². The second kappa shape index (κ2) is 3.43. The summed E-state index contributed by atoms with van der Waals surface area (Å²) in [5, 5.41) is 0. The van der Waals surface area contributed by atoms with Gasteiger partial charge in [-0.15, -0.1) is 0 Å². The van der Waals surface area contributed by atoms with Gasteiger partial charge in [-0.25, -0.2) is 0 Å². The van der Waals surface area contributed by atoms with Crippen LogP contribution in [-0.2, 0) is 0 Å². The molecule has 0 fully saturated rings. The molecule has 0 atom stereocenters. The lowest BCUT2D eigenvalue weighted by Gasteiger charge is -2.38. The van der Waals surface area contributed by atoms with Gasteiger partial charge in [-0.2, -0.15) is 0 Å². The number of hydrogen-bond acceptors (Lipinski definition) is 1. The van der Waals surface area contributed by atoms with Gasteiger partial charge in [0.25, 0.3) is 0 Å². The molecule has 0 aliphatic heterocycles. The van der Waals surface area contributed by atoms with Crippen LogP contribution in [0.2, 0.25) is 0 Å². The van der Waals surface area contributed by atoms with Crippen LogP contribution in [0.4, 0.5) is 0 Å². The molecule has 0 aromatic heterocycles. The predicted octanol–water partition coefficient (Wildman–Crippen LogP) is 1.97. The molecule has 10 heavy (non-hydrogen) atoms. The summed E-state index contributed by atoms with van der Waals surface area (Å²) in [5.74, 6) is 0. The second-order valence-electron chi connectivity index (χ2n) is 3.67. The highest BCUT2D eigenvalue weighted by molar-refractivity contribution is 6.05. The summed E-state index contributed by atoms with van der Waals surface area (Å²) in [5.41, 5.74) is 0.133. The average Bonchev–Trinajstić information content (AvgIpc) is 1.86. The van der Waals surface area contributed by atoms with E-state index in [1.165, 1.54) is 0 Å². The predicted molar refractivity (Wildman–Crippen MR) is 47.1 cm³/mol. The minimum Gasteiger partial charge on any atom is -0.347 e. The van der Waals surface area contributed by atoms with E-state index in [1.807, 2.05) is 4.81 Å². The van der Waals surface area contributed by atoms with Gasteiger partial charge in [0, 0.05) is 5.54 Å². The Kier molecular flexibility index (Phi) is 3.43. The van der Waals surface area contributed by atoms with Crippen LogP contribution in [-0.4, -0.2) is 24.4 Å². The molecule has 0 aliphatic rings. The summed E-state index contributed by atoms with van der Waals surface area (Å²) in [4.78, 5) is 1.91. The largest absolute Gasteiger partial charge is 0.347 e. The smallest absolute Gasteiger partial charge is 0.183 e. The lowest BCUT2D eigenvalue weighted by molar-refractivity contribution is 0.191. The Hall–Kier alpha value is 0.0249. The van der Waals surface area contributed by atoms with Gasteiger partial charge in [-0.05, 0) is 26.3 Å². The van der Waals surface area contributed by atoms with E-state index in [0.29, 0.717) is 6.04 Å². The molecule has 0 saturated heterocycles. The molecule has 0 bridgehead atoms. The van der Waals surface area contributed by atoms with E-state index in [4.69, 9.17) is 7.98 Å². The highest BCUT2D eigenvalue weighted by Gasteiger charge is 2.21. The quantitative estimate of drug-likeness (QED) is 0.540. The number of hydrogen-bond donors (Lipinski definition) is 0. The van der Waals surface area contributed by atoms with Crippen LogP contribution in [0.15, 0.2) is 0 Å². The Bertz CT molecular complexity index is 99.4. The van der Waals surface area contributed by atoms with Gasteiger partial charge >= 0.3 is 0 Å². The third-order valence-corrected chi connectivity index (χ3v) is 2.12. The first-order chi connectivity index (χ1) is 4.41. The molecule has 2 heteroatoms. The van der Waals surface area contributed by atoms with Gasteiger partial charge < -0.3 is 4.81 Å². The number of rotatable bonds is 3. The molecule has 0 heterocycles. The first-order valence-electron chi connectivity index (χ1n) is 3.96. The fourth-order valence-corrected chi connectivity index (χ4v) is 0.882. The van der Waals surface area contributed by atoms with E-state index in [0.717, 1.165) is 6.42 Å². The molecule has 58 valence electrons. The van der Waals surface area contributed by atoms with Crippen LogP contribution >= 0.6 is 0 Å². The van der Waals surface area contributed by atoms with Crippen molar-refractivity contribution in [2.75, 3.05) is 0 Å². The summed E-state index contributed by atoms with van der Waals surface area (Å²) >= 11 is 0. The summed E-state index contributed by atoms with van der Waals surface area (Å²) in [7, 11) is 5.84. The van der Waals surface area contributed by atoms with Crippen LogP contribution < -0.4 is 0 Å². The molecule has 0 aromatic rings. The Labute approximate surface area is 66.2 Å². The SMILES string of the molecule is [B]N(C(C)C)C(C)(C)CC.